The molecule has 2 aliphatic rings. The Bertz CT molecular complexity index is 1120. The van der Waals surface area contributed by atoms with Crippen LogP contribution in [0.1, 0.15) is 37.0 Å². The van der Waals surface area contributed by atoms with Crippen molar-refractivity contribution in [2.75, 3.05) is 20.3 Å². The van der Waals surface area contributed by atoms with Gasteiger partial charge in [0.05, 0.1) is 12.5 Å². The number of rotatable bonds is 6. The van der Waals surface area contributed by atoms with Crippen LogP contribution in [0, 0.1) is 0 Å². The van der Waals surface area contributed by atoms with E-state index in [0.717, 1.165) is 36.8 Å². The zero-order valence-corrected chi connectivity index (χ0v) is 18.0. The SMILES string of the molecule is COc1ccccc1-c1cc(COC(=O)C2(c3ccc4c(c3)OCCO4)CCCC2)on1. The molecule has 1 aliphatic carbocycles. The number of hydrogen-bond donors (Lipinski definition) is 0. The first-order valence-corrected chi connectivity index (χ1v) is 10.9. The minimum Gasteiger partial charge on any atom is -0.496 e. The van der Waals surface area contributed by atoms with Gasteiger partial charge >= 0.3 is 5.97 Å². The van der Waals surface area contributed by atoms with E-state index in [4.69, 9.17) is 23.5 Å². The molecule has 0 spiro atoms. The topological polar surface area (TPSA) is 80.0 Å². The number of carbonyl (C=O) groups excluding carboxylic acids is 1. The average Bonchev–Trinajstić information content (AvgIpc) is 3.53. The van der Waals surface area contributed by atoms with Gasteiger partial charge in [0.25, 0.3) is 0 Å². The number of benzene rings is 2. The van der Waals surface area contributed by atoms with Crippen LogP contribution in [0.25, 0.3) is 11.3 Å². The van der Waals surface area contributed by atoms with Crippen molar-refractivity contribution in [3.8, 4) is 28.5 Å². The van der Waals surface area contributed by atoms with Crippen LogP contribution in [-0.2, 0) is 21.6 Å². The van der Waals surface area contributed by atoms with Gasteiger partial charge in [-0.15, -0.1) is 0 Å². The van der Waals surface area contributed by atoms with Gasteiger partial charge in [-0.1, -0.05) is 36.2 Å². The number of methoxy groups -OCH3 is 1. The van der Waals surface area contributed by atoms with Crippen molar-refractivity contribution in [2.45, 2.75) is 37.7 Å². The van der Waals surface area contributed by atoms with E-state index in [9.17, 15) is 4.79 Å². The molecule has 0 radical (unpaired) electrons. The Morgan fingerprint density at radius 2 is 1.81 bits per heavy atom. The Morgan fingerprint density at radius 1 is 1.03 bits per heavy atom. The van der Waals surface area contributed by atoms with Crippen LogP contribution >= 0.6 is 0 Å². The molecule has 1 fully saturated rings. The number of aromatic nitrogens is 1. The molecule has 0 N–H and O–H groups in total. The molecule has 2 heterocycles. The van der Waals surface area contributed by atoms with Crippen molar-refractivity contribution >= 4 is 5.97 Å². The number of ether oxygens (including phenoxy) is 4. The molecule has 1 aliphatic heterocycles. The average molecular weight is 435 g/mol. The van der Waals surface area contributed by atoms with E-state index in [1.807, 2.05) is 42.5 Å². The molecule has 7 heteroatoms. The molecule has 1 saturated carbocycles. The number of hydrogen-bond acceptors (Lipinski definition) is 7. The van der Waals surface area contributed by atoms with Crippen LogP contribution in [-0.4, -0.2) is 31.4 Å². The van der Waals surface area contributed by atoms with E-state index in [1.165, 1.54) is 0 Å². The second-order valence-electron chi connectivity index (χ2n) is 8.10. The summed E-state index contributed by atoms with van der Waals surface area (Å²) in [5.41, 5.74) is 1.69. The Morgan fingerprint density at radius 3 is 2.62 bits per heavy atom. The van der Waals surface area contributed by atoms with E-state index in [2.05, 4.69) is 5.16 Å². The summed E-state index contributed by atoms with van der Waals surface area (Å²) in [7, 11) is 1.61. The van der Waals surface area contributed by atoms with Crippen molar-refractivity contribution < 1.29 is 28.3 Å². The van der Waals surface area contributed by atoms with E-state index >= 15 is 0 Å². The summed E-state index contributed by atoms with van der Waals surface area (Å²) in [5.74, 6) is 2.33. The lowest BCUT2D eigenvalue weighted by Crippen LogP contribution is -2.34. The van der Waals surface area contributed by atoms with E-state index in [0.29, 0.717) is 41.9 Å². The van der Waals surface area contributed by atoms with Gasteiger partial charge in [0, 0.05) is 11.6 Å². The maximum atomic E-state index is 13.3. The van der Waals surface area contributed by atoms with Crippen LogP contribution < -0.4 is 14.2 Å². The summed E-state index contributed by atoms with van der Waals surface area (Å²) >= 11 is 0. The predicted octanol–water partition coefficient (Wildman–Crippen LogP) is 4.68. The summed E-state index contributed by atoms with van der Waals surface area (Å²) in [6.07, 6.45) is 3.44. The largest absolute Gasteiger partial charge is 0.496 e. The molecule has 0 unspecified atom stereocenters. The van der Waals surface area contributed by atoms with Gasteiger partial charge in [-0.2, -0.15) is 0 Å². The van der Waals surface area contributed by atoms with Gasteiger partial charge in [-0.25, -0.2) is 0 Å². The highest BCUT2D eigenvalue weighted by molar-refractivity contribution is 5.84. The van der Waals surface area contributed by atoms with Gasteiger partial charge in [0.2, 0.25) is 0 Å². The zero-order chi connectivity index (χ0) is 22.0. The van der Waals surface area contributed by atoms with Crippen molar-refractivity contribution in [1.82, 2.24) is 5.16 Å². The van der Waals surface area contributed by atoms with Gasteiger partial charge in [0.1, 0.15) is 24.7 Å². The molecule has 166 valence electrons. The first kappa shape index (κ1) is 20.4. The maximum Gasteiger partial charge on any atom is 0.317 e. The van der Waals surface area contributed by atoms with Crippen molar-refractivity contribution in [1.29, 1.82) is 0 Å². The molecular formula is C25H25NO6. The molecule has 0 saturated heterocycles. The molecule has 0 atom stereocenters. The van der Waals surface area contributed by atoms with Crippen molar-refractivity contribution in [2.24, 2.45) is 0 Å². The zero-order valence-electron chi connectivity index (χ0n) is 18.0. The summed E-state index contributed by atoms with van der Waals surface area (Å²) < 4.78 is 27.9. The summed E-state index contributed by atoms with van der Waals surface area (Å²) in [4.78, 5) is 13.3. The predicted molar refractivity (Wildman–Crippen MR) is 116 cm³/mol. The van der Waals surface area contributed by atoms with Crippen LogP contribution in [0.4, 0.5) is 0 Å². The third kappa shape index (κ3) is 3.68. The number of fused-ring (bicyclic) bond motifs is 1. The molecule has 2 aromatic carbocycles. The fraction of sp³-hybridized carbons (Fsp3) is 0.360. The highest BCUT2D eigenvalue weighted by atomic mass is 16.6. The monoisotopic (exact) mass is 435 g/mol. The second-order valence-corrected chi connectivity index (χ2v) is 8.10. The molecule has 0 bridgehead atoms. The summed E-state index contributed by atoms with van der Waals surface area (Å²) in [5, 5.41) is 4.12. The smallest absolute Gasteiger partial charge is 0.317 e. The van der Waals surface area contributed by atoms with E-state index < -0.39 is 5.41 Å². The van der Waals surface area contributed by atoms with Gasteiger partial charge in [0.15, 0.2) is 23.9 Å². The van der Waals surface area contributed by atoms with Crippen LogP contribution in [0.5, 0.6) is 17.2 Å². The fourth-order valence-corrected chi connectivity index (χ4v) is 4.57. The van der Waals surface area contributed by atoms with Crippen LogP contribution in [0.3, 0.4) is 0 Å². The van der Waals surface area contributed by atoms with Gasteiger partial charge < -0.3 is 23.5 Å². The summed E-state index contributed by atoms with van der Waals surface area (Å²) in [6, 6.07) is 15.1. The number of esters is 1. The summed E-state index contributed by atoms with van der Waals surface area (Å²) in [6.45, 7) is 1.06. The Balaban J connectivity index is 1.33. The molecule has 3 aromatic rings. The minimum absolute atomic E-state index is 0.0211. The lowest BCUT2D eigenvalue weighted by Gasteiger charge is -2.28. The van der Waals surface area contributed by atoms with Gasteiger partial charge in [-0.3, -0.25) is 4.79 Å². The highest BCUT2D eigenvalue weighted by Gasteiger charge is 2.45. The molecule has 32 heavy (non-hydrogen) atoms. The lowest BCUT2D eigenvalue weighted by molar-refractivity contribution is -0.152. The fourth-order valence-electron chi connectivity index (χ4n) is 4.57. The van der Waals surface area contributed by atoms with Crippen LogP contribution in [0.15, 0.2) is 53.1 Å². The van der Waals surface area contributed by atoms with Crippen molar-refractivity contribution in [3.05, 3.63) is 59.9 Å². The number of para-hydroxylation sites is 1. The molecule has 5 rings (SSSR count). The number of carbonyl (C=O) groups is 1. The molecular weight excluding hydrogens is 410 g/mol. The Kier molecular flexibility index (Phi) is 5.47. The van der Waals surface area contributed by atoms with Crippen molar-refractivity contribution in [3.63, 3.8) is 0 Å². The molecule has 7 nitrogen and oxygen atoms in total. The first-order chi connectivity index (χ1) is 15.7. The molecule has 0 amide bonds. The Labute approximate surface area is 186 Å². The minimum atomic E-state index is -0.679. The quantitative estimate of drug-likeness (QED) is 0.520. The van der Waals surface area contributed by atoms with Crippen LogP contribution in [0.2, 0.25) is 0 Å². The molecule has 1 aromatic heterocycles. The van der Waals surface area contributed by atoms with E-state index in [1.54, 1.807) is 13.2 Å². The standard InChI is InChI=1S/C25H25NO6/c1-28-21-7-3-2-6-19(21)20-15-18(32-26-20)16-31-24(27)25(10-4-5-11-25)17-8-9-22-23(14-17)30-13-12-29-22/h2-3,6-9,14-15H,4-5,10-13,16H2,1H3. The van der Waals surface area contributed by atoms with E-state index in [-0.39, 0.29) is 12.6 Å². The second kappa shape index (κ2) is 8.57. The highest BCUT2D eigenvalue weighted by Crippen LogP contribution is 2.45. The maximum absolute atomic E-state index is 13.3. The third-order valence-corrected chi connectivity index (χ3v) is 6.23. The lowest BCUT2D eigenvalue weighted by atomic mass is 9.78. The van der Waals surface area contributed by atoms with Gasteiger partial charge in [-0.05, 0) is 42.7 Å². The Hall–Kier alpha value is -3.48. The first-order valence-electron chi connectivity index (χ1n) is 10.9. The normalized spacial score (nSPS) is 16.5. The third-order valence-electron chi connectivity index (χ3n) is 6.23. The number of nitrogens with zero attached hydrogens (tertiary/aromatic N) is 1.